The molecule has 0 bridgehead atoms. The van der Waals surface area contributed by atoms with Gasteiger partial charge in [0.25, 0.3) is 17.7 Å². The number of ether oxygens (including phenoxy) is 1. The number of nitrogens with zero attached hydrogens (tertiary/aromatic N) is 13. The number of benzene rings is 6. The van der Waals surface area contributed by atoms with Crippen LogP contribution in [0.15, 0.2) is 290 Å². The fourth-order valence-corrected chi connectivity index (χ4v) is 16.4. The third-order valence-electron chi connectivity index (χ3n) is 23.1. The molecular weight excluding hydrogens is 1600 g/mol. The number of oxazole rings is 1. The molecule has 15 heterocycles. The summed E-state index contributed by atoms with van der Waals surface area (Å²) in [4.78, 5) is 94.4. The van der Waals surface area contributed by atoms with Crippen LogP contribution in [0.5, 0.6) is 0 Å². The minimum atomic E-state index is -0.502. The van der Waals surface area contributed by atoms with Crippen molar-refractivity contribution < 1.29 is 32.7 Å². The number of imidazole rings is 4. The van der Waals surface area contributed by atoms with Crippen LogP contribution in [-0.2, 0) is 22.6 Å². The number of halogens is 1. The molecule has 0 radical (unpaired) electrons. The monoisotopic (exact) mass is 1690 g/mol. The van der Waals surface area contributed by atoms with Crippen LogP contribution >= 0.6 is 0 Å². The van der Waals surface area contributed by atoms with E-state index < -0.39 is 5.95 Å². The first-order valence-electron chi connectivity index (χ1n) is 42.0. The van der Waals surface area contributed by atoms with Crippen molar-refractivity contribution >= 4 is 103 Å². The van der Waals surface area contributed by atoms with Gasteiger partial charge in [0, 0.05) is 206 Å². The molecule has 0 unspecified atom stereocenters. The molecule has 6 aromatic carbocycles. The number of anilines is 10. The lowest BCUT2D eigenvalue weighted by molar-refractivity contribution is -0.117. The van der Waals surface area contributed by atoms with E-state index in [9.17, 15) is 28.4 Å². The number of piperazine rings is 1. The van der Waals surface area contributed by atoms with Crippen LogP contribution in [0.3, 0.4) is 0 Å². The molecule has 127 heavy (non-hydrogen) atoms. The summed E-state index contributed by atoms with van der Waals surface area (Å²) >= 11 is 0. The second-order valence-electron chi connectivity index (χ2n) is 31.5. The van der Waals surface area contributed by atoms with Crippen molar-refractivity contribution in [2.75, 3.05) is 84.1 Å². The van der Waals surface area contributed by atoms with Gasteiger partial charge in [-0.05, 0) is 238 Å². The van der Waals surface area contributed by atoms with E-state index in [0.29, 0.717) is 50.1 Å². The highest BCUT2D eigenvalue weighted by molar-refractivity contribution is 6.00. The van der Waals surface area contributed by atoms with Gasteiger partial charge in [0.05, 0.1) is 64.9 Å². The number of carbonyl (C=O) groups excluding carboxylic acids is 4. The first-order valence-corrected chi connectivity index (χ1v) is 42.0. The van der Waals surface area contributed by atoms with E-state index in [4.69, 9.17) is 9.15 Å². The number of morpholine rings is 1. The number of Topliss-reactive ketones (excluding diaryl/α,β-unsaturated/α-hetero) is 1. The molecule has 0 aliphatic carbocycles. The summed E-state index contributed by atoms with van der Waals surface area (Å²) in [5, 5.41) is 22.3. The number of hydrogen-bond acceptors (Lipinski definition) is 20. The molecule has 8 N–H and O–H groups in total. The Morgan fingerprint density at radius 2 is 0.945 bits per heavy atom. The number of carbonyl (C=O) groups is 4. The molecule has 4 aliphatic heterocycles. The Balaban J connectivity index is 0.000000115. The van der Waals surface area contributed by atoms with E-state index in [1.807, 2.05) is 153 Å². The van der Waals surface area contributed by atoms with Gasteiger partial charge in [0.15, 0.2) is 34.7 Å². The van der Waals surface area contributed by atoms with Crippen LogP contribution < -0.4 is 52.6 Å². The Morgan fingerprint density at radius 1 is 0.488 bits per heavy atom. The molecule has 17 aromatic rings. The first kappa shape index (κ1) is 82.1. The lowest BCUT2D eigenvalue weighted by atomic mass is 10.0. The van der Waals surface area contributed by atoms with Crippen molar-refractivity contribution in [3.8, 4) is 56.4 Å². The third-order valence-corrected chi connectivity index (χ3v) is 23.1. The summed E-state index contributed by atoms with van der Waals surface area (Å²) in [5.41, 5.74) is 25.2. The molecule has 2 fully saturated rings. The molecule has 28 nitrogen and oxygen atoms in total. The molecular formula is C98H90FN21O7. The van der Waals surface area contributed by atoms with Crippen LogP contribution in [0.25, 0.3) is 78.9 Å². The van der Waals surface area contributed by atoms with Gasteiger partial charge in [-0.25, -0.2) is 29.9 Å². The van der Waals surface area contributed by atoms with E-state index in [2.05, 4.69) is 173 Å². The van der Waals surface area contributed by atoms with Gasteiger partial charge in [0.2, 0.25) is 11.5 Å². The normalized spacial score (nSPS) is 14.7. The molecule has 29 heteroatoms. The molecule has 21 rings (SSSR count). The standard InChI is InChI=1S/C27H25N5O3.C25H28N6O.C24H17N5O2.C22H20FN5O/c1-17(33)3-2-12-29-26(34)18-4-7-21(8-5-18)31-23-10-11-24(32-14-13-28-25(23)32)19-6-9-22-20(15-19)16-30-27(22)35;1-17-16-31(18(2)15-29(17)3)21-6-4-20(5-7-21)28-22-8-9-23(30-13-12-27-25(22)30)19-10-11-26-24(32)14-19;30-24-19-6-3-16(11-17(19)12-27-24)21-8-7-20(23-26-9-10-29(21)23)28-18-4-1-15(2-5-18)22-13-25-14-31-22;23-21-15-16(7-8-24-21)20-6-5-19(22-25-9-10-28(20)22)26-17-1-3-18(4-2-17)27-11-13-29-14-12-27/h4-11,13-15,31H,2-3,12,16H2,1H3,(H,29,34)(H,30,35);4-14,17-18,28H,15-16H2,1-3H3,(H,26,32);1-11,13-14,28H,12H2,(H,27,30);1-10,15,26H,11-14H2/t;17-,18+;;/m.0../s1. The van der Waals surface area contributed by atoms with Gasteiger partial charge in [-0.15, -0.1) is 0 Å². The maximum atomic E-state index is 13.6. The Hall–Kier alpha value is -15.9. The van der Waals surface area contributed by atoms with Gasteiger partial charge in [-0.2, -0.15) is 4.39 Å². The Bertz CT molecular complexity index is 6940. The minimum Gasteiger partial charge on any atom is -0.444 e. The maximum Gasteiger partial charge on any atom is 0.251 e. The van der Waals surface area contributed by atoms with Crippen molar-refractivity contribution in [1.82, 2.24) is 73.3 Å². The van der Waals surface area contributed by atoms with Gasteiger partial charge in [-0.1, -0.05) is 12.1 Å². The fourth-order valence-electron chi connectivity index (χ4n) is 16.4. The highest BCUT2D eigenvalue weighted by Gasteiger charge is 2.28. The van der Waals surface area contributed by atoms with Crippen molar-refractivity contribution in [2.45, 2.75) is 58.8 Å². The van der Waals surface area contributed by atoms with Crippen molar-refractivity contribution in [2.24, 2.45) is 0 Å². The van der Waals surface area contributed by atoms with Crippen LogP contribution in [0, 0.1) is 5.95 Å². The number of aromatic nitrogens is 11. The highest BCUT2D eigenvalue weighted by Crippen LogP contribution is 2.37. The summed E-state index contributed by atoms with van der Waals surface area (Å²) in [6.45, 7) is 13.2. The van der Waals surface area contributed by atoms with E-state index in [-0.39, 0.29) is 29.1 Å². The van der Waals surface area contributed by atoms with Crippen LogP contribution in [0.1, 0.15) is 75.8 Å². The smallest absolute Gasteiger partial charge is 0.251 e. The van der Waals surface area contributed by atoms with E-state index in [1.165, 1.54) is 30.0 Å². The maximum absolute atomic E-state index is 13.6. The topological polar surface area (TPSA) is 312 Å². The second-order valence-corrected chi connectivity index (χ2v) is 31.5. The summed E-state index contributed by atoms with van der Waals surface area (Å²) in [6.07, 6.45) is 22.0. The fraction of sp³-hybridized carbons (Fsp3) is 0.173. The minimum absolute atomic E-state index is 0.0109. The van der Waals surface area contributed by atoms with E-state index in [0.717, 1.165) is 186 Å². The predicted molar refractivity (Wildman–Crippen MR) is 492 cm³/mol. The third kappa shape index (κ3) is 18.2. The second kappa shape index (κ2) is 36.7. The number of fused-ring (bicyclic) bond motifs is 6. The van der Waals surface area contributed by atoms with Gasteiger partial charge >= 0.3 is 0 Å². The lowest BCUT2D eigenvalue weighted by Crippen LogP contribution is -2.55. The number of amides is 3. The number of hydrogen-bond donors (Lipinski definition) is 8. The molecule has 636 valence electrons. The number of nitrogens with one attached hydrogen (secondary N) is 8. The zero-order valence-electron chi connectivity index (χ0n) is 70.0. The highest BCUT2D eigenvalue weighted by atomic mass is 19.1. The molecule has 3 amide bonds. The summed E-state index contributed by atoms with van der Waals surface area (Å²) in [5.74, 6) is 0.149. The molecule has 4 aliphatic rings. The van der Waals surface area contributed by atoms with Crippen molar-refractivity contribution in [1.29, 1.82) is 0 Å². The Kier molecular flexibility index (Phi) is 23.7. The number of likely N-dealkylation sites (N-methyl/N-ethyl adjacent to an activating group) is 1. The summed E-state index contributed by atoms with van der Waals surface area (Å²) < 4.78 is 32.3. The molecule has 2 saturated heterocycles. The zero-order chi connectivity index (χ0) is 87.0. The largest absolute Gasteiger partial charge is 0.444 e. The SMILES string of the molecule is CC(=O)CCCNC(=O)c1ccc(Nc2ccc(-c3ccc4c(c3)CNC4=O)n3ccnc23)cc1.C[C@@H]1CN(C)[C@@H](C)CN1c1ccc(Nc2ccc(-c3cc[nH]c(=O)c3)n3ccnc23)cc1.Fc1cc(-c2ccc(Nc3ccc(N4CCOCC4)cc3)c3nccn23)ccn1.O=C1NCc2cc(-c3ccc(Nc4ccc(-c5cnco5)cc4)c4nccn34)ccc21. The lowest BCUT2D eigenvalue weighted by Gasteiger charge is -2.43. The average Bonchev–Trinajstić information content (AvgIpc) is 1.67. The first-order chi connectivity index (χ1) is 62.0. The van der Waals surface area contributed by atoms with Crippen LogP contribution in [0.2, 0.25) is 0 Å². The van der Waals surface area contributed by atoms with Crippen LogP contribution in [0.4, 0.5) is 61.3 Å². The number of ketones is 1. The van der Waals surface area contributed by atoms with Gasteiger partial charge < -0.3 is 65.9 Å². The zero-order valence-corrected chi connectivity index (χ0v) is 70.0. The molecule has 11 aromatic heterocycles. The molecule has 0 spiro atoms. The van der Waals surface area contributed by atoms with Gasteiger partial charge in [-0.3, -0.25) is 41.7 Å². The van der Waals surface area contributed by atoms with E-state index >= 15 is 0 Å². The number of H-pyrrole nitrogens is 1. The molecule has 0 saturated carbocycles. The average molecular weight is 1690 g/mol. The Morgan fingerprint density at radius 3 is 1.41 bits per heavy atom. The number of rotatable bonds is 20. The quantitative estimate of drug-likeness (QED) is 0.0260. The van der Waals surface area contributed by atoms with Crippen LogP contribution in [-0.4, -0.2) is 146 Å². The van der Waals surface area contributed by atoms with E-state index in [1.54, 1.807) is 68.4 Å². The summed E-state index contributed by atoms with van der Waals surface area (Å²) in [6, 6.07) is 67.7. The predicted octanol–water partition coefficient (Wildman–Crippen LogP) is 16.8. The summed E-state index contributed by atoms with van der Waals surface area (Å²) in [7, 11) is 2.20. The molecule has 2 atom stereocenters. The van der Waals surface area contributed by atoms with Crippen molar-refractivity contribution in [3.63, 3.8) is 0 Å². The number of pyridine rings is 6. The number of aromatic amines is 1. The van der Waals surface area contributed by atoms with Gasteiger partial charge in [0.1, 0.15) is 5.78 Å². The Labute approximate surface area is 729 Å². The van der Waals surface area contributed by atoms with Crippen molar-refractivity contribution in [3.05, 3.63) is 325 Å².